The molecule has 0 fully saturated rings. The van der Waals surface area contributed by atoms with Crippen LogP contribution in [0.25, 0.3) is 0 Å². The van der Waals surface area contributed by atoms with Gasteiger partial charge in [0.15, 0.2) is 0 Å². The predicted molar refractivity (Wildman–Crippen MR) is 77.2 cm³/mol. The van der Waals surface area contributed by atoms with Crippen molar-refractivity contribution < 1.29 is 0 Å². The Morgan fingerprint density at radius 1 is 1.24 bits per heavy atom. The van der Waals surface area contributed by atoms with Gasteiger partial charge >= 0.3 is 0 Å². The second-order valence-electron chi connectivity index (χ2n) is 4.50. The fraction of sp³-hybridized carbons (Fsp3) is 0.429. The largest absolute Gasteiger partial charge is 0.320 e. The Labute approximate surface area is 116 Å². The summed E-state index contributed by atoms with van der Waals surface area (Å²) in [6, 6.07) is 5.89. The van der Waals surface area contributed by atoms with Crippen LogP contribution in [0, 0.1) is 0 Å². The molecule has 0 aliphatic heterocycles. The topological polar surface area (TPSA) is 26.0 Å². The van der Waals surface area contributed by atoms with Crippen LogP contribution in [-0.2, 0) is 0 Å². The lowest BCUT2D eigenvalue weighted by atomic mass is 9.96. The monoisotopic (exact) mass is 313 g/mol. The van der Waals surface area contributed by atoms with Gasteiger partial charge in [0.05, 0.1) is 11.1 Å². The van der Waals surface area contributed by atoms with Gasteiger partial charge in [-0.3, -0.25) is 0 Å². The van der Waals surface area contributed by atoms with Gasteiger partial charge < -0.3 is 5.73 Å². The zero-order valence-electron chi connectivity index (χ0n) is 9.76. The minimum atomic E-state index is -0.0573. The Bertz CT molecular complexity index is 428. The molecule has 2 rings (SSSR count). The molecule has 1 nitrogen and oxygen atoms in total. The summed E-state index contributed by atoms with van der Waals surface area (Å²) in [6.07, 6.45) is 8.38. The maximum absolute atomic E-state index is 6.34. The Balaban J connectivity index is 2.26. The Hall–Kier alpha value is -0.310. The summed E-state index contributed by atoms with van der Waals surface area (Å²) in [6.45, 7) is 0. The lowest BCUT2D eigenvalue weighted by molar-refractivity contribution is 0.688. The van der Waals surface area contributed by atoms with Gasteiger partial charge in [-0.2, -0.15) is 0 Å². The van der Waals surface area contributed by atoms with E-state index in [0.717, 1.165) is 27.9 Å². The molecular weight excluding hydrogens is 298 g/mol. The molecule has 1 atom stereocenters. The van der Waals surface area contributed by atoms with E-state index in [0.29, 0.717) is 0 Å². The summed E-state index contributed by atoms with van der Waals surface area (Å²) in [4.78, 5) is 0. The van der Waals surface area contributed by atoms with E-state index in [1.165, 1.54) is 24.8 Å². The highest BCUT2D eigenvalue weighted by Crippen LogP contribution is 2.34. The maximum Gasteiger partial charge on any atom is 0.0599 e. The molecule has 92 valence electrons. The van der Waals surface area contributed by atoms with Crippen LogP contribution in [0.2, 0.25) is 5.02 Å². The van der Waals surface area contributed by atoms with Crippen molar-refractivity contribution in [2.75, 3.05) is 0 Å². The quantitative estimate of drug-likeness (QED) is 0.764. The van der Waals surface area contributed by atoms with Crippen LogP contribution in [0.5, 0.6) is 0 Å². The van der Waals surface area contributed by atoms with Gasteiger partial charge in [-0.25, -0.2) is 0 Å². The van der Waals surface area contributed by atoms with E-state index in [9.17, 15) is 0 Å². The van der Waals surface area contributed by atoms with Crippen molar-refractivity contribution in [1.82, 2.24) is 0 Å². The van der Waals surface area contributed by atoms with Crippen molar-refractivity contribution in [3.8, 4) is 0 Å². The molecule has 0 radical (unpaired) electrons. The van der Waals surface area contributed by atoms with Gasteiger partial charge in [0.2, 0.25) is 0 Å². The molecule has 0 saturated carbocycles. The van der Waals surface area contributed by atoms with Crippen molar-refractivity contribution in [2.45, 2.75) is 38.1 Å². The van der Waals surface area contributed by atoms with E-state index >= 15 is 0 Å². The molecule has 17 heavy (non-hydrogen) atoms. The van der Waals surface area contributed by atoms with E-state index in [-0.39, 0.29) is 6.04 Å². The van der Waals surface area contributed by atoms with E-state index < -0.39 is 0 Å². The second-order valence-corrected chi connectivity index (χ2v) is 5.73. The number of hydrogen-bond donors (Lipinski definition) is 1. The first-order chi connectivity index (χ1) is 8.20. The molecule has 0 heterocycles. The third-order valence-corrected chi connectivity index (χ3v) is 4.60. The zero-order valence-corrected chi connectivity index (χ0v) is 12.1. The van der Waals surface area contributed by atoms with Crippen LogP contribution in [-0.4, -0.2) is 0 Å². The van der Waals surface area contributed by atoms with Crippen LogP contribution in [0.3, 0.4) is 0 Å². The Kier molecular flexibility index (Phi) is 4.66. The van der Waals surface area contributed by atoms with Crippen LogP contribution < -0.4 is 5.73 Å². The second kappa shape index (κ2) is 6.03. The average molecular weight is 315 g/mol. The third-order valence-electron chi connectivity index (χ3n) is 3.29. The molecule has 1 unspecified atom stereocenters. The van der Waals surface area contributed by atoms with Crippen LogP contribution in [0.1, 0.15) is 43.7 Å². The van der Waals surface area contributed by atoms with Crippen molar-refractivity contribution in [3.05, 3.63) is 44.9 Å². The van der Waals surface area contributed by atoms with Crippen molar-refractivity contribution in [3.63, 3.8) is 0 Å². The van der Waals surface area contributed by atoms with E-state index in [4.69, 9.17) is 17.3 Å². The normalized spacial score (nSPS) is 18.4. The van der Waals surface area contributed by atoms with E-state index in [2.05, 4.69) is 22.0 Å². The van der Waals surface area contributed by atoms with Gasteiger partial charge in [-0.1, -0.05) is 41.8 Å². The van der Waals surface area contributed by atoms with E-state index in [1.807, 2.05) is 18.2 Å². The molecule has 0 saturated heterocycles. The smallest absolute Gasteiger partial charge is 0.0599 e. The summed E-state index contributed by atoms with van der Waals surface area (Å²) in [5, 5.41) is 0.741. The highest BCUT2D eigenvalue weighted by atomic mass is 79.9. The molecule has 1 aliphatic rings. The molecule has 2 N–H and O–H groups in total. The SMILES string of the molecule is NC(C1=CCCCCC1)c1cccc(Br)c1Cl. The Morgan fingerprint density at radius 3 is 2.88 bits per heavy atom. The summed E-state index contributed by atoms with van der Waals surface area (Å²) in [5.41, 5.74) is 8.69. The summed E-state index contributed by atoms with van der Waals surface area (Å²) < 4.78 is 0.918. The predicted octanol–water partition coefficient (Wildman–Crippen LogP) is 4.99. The fourth-order valence-electron chi connectivity index (χ4n) is 2.28. The average Bonchev–Trinajstić information content (AvgIpc) is 2.60. The third kappa shape index (κ3) is 3.12. The lowest BCUT2D eigenvalue weighted by Crippen LogP contribution is -2.14. The van der Waals surface area contributed by atoms with Crippen LogP contribution in [0.15, 0.2) is 34.3 Å². The van der Waals surface area contributed by atoms with Crippen molar-refractivity contribution in [1.29, 1.82) is 0 Å². The minimum Gasteiger partial charge on any atom is -0.320 e. The molecule has 0 amide bonds. The number of benzene rings is 1. The lowest BCUT2D eigenvalue weighted by Gasteiger charge is -2.17. The van der Waals surface area contributed by atoms with Crippen molar-refractivity contribution >= 4 is 27.5 Å². The van der Waals surface area contributed by atoms with Gasteiger partial charge in [-0.05, 0) is 53.2 Å². The van der Waals surface area contributed by atoms with Gasteiger partial charge in [0, 0.05) is 4.47 Å². The fourth-order valence-corrected chi connectivity index (χ4v) is 2.91. The summed E-state index contributed by atoms with van der Waals surface area (Å²) >= 11 is 9.74. The van der Waals surface area contributed by atoms with Crippen molar-refractivity contribution in [2.24, 2.45) is 5.73 Å². The van der Waals surface area contributed by atoms with E-state index in [1.54, 1.807) is 0 Å². The zero-order chi connectivity index (χ0) is 12.3. The van der Waals surface area contributed by atoms with Gasteiger partial charge in [0.25, 0.3) is 0 Å². The Morgan fingerprint density at radius 2 is 2.06 bits per heavy atom. The molecule has 1 aromatic rings. The first kappa shape index (κ1) is 13.1. The maximum atomic E-state index is 6.34. The number of nitrogens with two attached hydrogens (primary N) is 1. The number of hydrogen-bond acceptors (Lipinski definition) is 1. The number of allylic oxidation sites excluding steroid dienone is 1. The van der Waals surface area contributed by atoms with Crippen LogP contribution in [0.4, 0.5) is 0 Å². The molecule has 0 spiro atoms. The highest BCUT2D eigenvalue weighted by Gasteiger charge is 2.17. The highest BCUT2D eigenvalue weighted by molar-refractivity contribution is 9.10. The minimum absolute atomic E-state index is 0.0573. The molecule has 1 aliphatic carbocycles. The molecule has 1 aromatic carbocycles. The number of halogens is 2. The number of rotatable bonds is 2. The van der Waals surface area contributed by atoms with Crippen LogP contribution >= 0.6 is 27.5 Å². The molecular formula is C14H17BrClN. The molecule has 3 heteroatoms. The first-order valence-electron chi connectivity index (χ1n) is 6.08. The standard InChI is InChI=1S/C14H17BrClN/c15-12-9-5-8-11(13(12)16)14(17)10-6-3-1-2-4-7-10/h5-6,8-9,14H,1-4,7,17H2. The molecule has 0 bridgehead atoms. The summed E-state index contributed by atoms with van der Waals surface area (Å²) in [7, 11) is 0. The summed E-state index contributed by atoms with van der Waals surface area (Å²) in [5.74, 6) is 0. The first-order valence-corrected chi connectivity index (χ1v) is 7.25. The van der Waals surface area contributed by atoms with Gasteiger partial charge in [0.1, 0.15) is 0 Å². The molecule has 0 aromatic heterocycles. The van der Waals surface area contributed by atoms with Gasteiger partial charge in [-0.15, -0.1) is 0 Å².